The summed E-state index contributed by atoms with van der Waals surface area (Å²) >= 11 is 0. The molecule has 3 nitrogen and oxygen atoms in total. The van der Waals surface area contributed by atoms with Gasteiger partial charge in [-0.2, -0.15) is 0 Å². The molecule has 2 aromatic rings. The number of hydrogen-bond acceptors (Lipinski definition) is 3. The van der Waals surface area contributed by atoms with Crippen LogP contribution in [0.2, 0.25) is 0 Å². The first-order valence-electron chi connectivity index (χ1n) is 6.67. The molecule has 0 aliphatic heterocycles. The van der Waals surface area contributed by atoms with Gasteiger partial charge in [0.1, 0.15) is 11.5 Å². The fourth-order valence-electron chi connectivity index (χ4n) is 2.13. The van der Waals surface area contributed by atoms with Crippen LogP contribution in [0.1, 0.15) is 34.3 Å². The van der Waals surface area contributed by atoms with E-state index < -0.39 is 0 Å². The molecular weight excluding hydrogens is 252 g/mol. The maximum Gasteiger partial charge on any atom is 0.162 e. The Balaban J connectivity index is 1.93. The van der Waals surface area contributed by atoms with Crippen LogP contribution in [-0.4, -0.2) is 16.0 Å². The predicted octanol–water partition coefficient (Wildman–Crippen LogP) is 3.61. The molecule has 0 aliphatic carbocycles. The molecule has 0 bridgehead atoms. The van der Waals surface area contributed by atoms with Crippen molar-refractivity contribution in [1.29, 1.82) is 0 Å². The van der Waals surface area contributed by atoms with Crippen molar-refractivity contribution in [3.8, 4) is 11.5 Å². The van der Waals surface area contributed by atoms with Gasteiger partial charge in [0.15, 0.2) is 5.78 Å². The predicted molar refractivity (Wildman–Crippen MR) is 78.2 cm³/mol. The van der Waals surface area contributed by atoms with Gasteiger partial charge in [-0.3, -0.25) is 4.79 Å². The summed E-state index contributed by atoms with van der Waals surface area (Å²) in [4.78, 5) is 12.0. The van der Waals surface area contributed by atoms with E-state index in [1.165, 1.54) is 12.1 Å². The number of ketones is 1. The van der Waals surface area contributed by atoms with Gasteiger partial charge in [-0.15, -0.1) is 0 Å². The molecular formula is C17H18O3. The molecule has 0 saturated carbocycles. The number of aryl methyl sites for hydroxylation is 1. The number of benzene rings is 2. The second-order valence-corrected chi connectivity index (χ2v) is 4.92. The molecule has 0 amide bonds. The van der Waals surface area contributed by atoms with E-state index in [4.69, 9.17) is 0 Å². The molecule has 2 aromatic carbocycles. The van der Waals surface area contributed by atoms with Crippen LogP contribution in [0.5, 0.6) is 11.5 Å². The van der Waals surface area contributed by atoms with Crippen molar-refractivity contribution < 1.29 is 15.0 Å². The molecule has 0 radical (unpaired) electrons. The molecule has 0 heterocycles. The van der Waals surface area contributed by atoms with E-state index in [1.807, 2.05) is 31.2 Å². The highest BCUT2D eigenvalue weighted by Gasteiger charge is 2.09. The molecule has 0 unspecified atom stereocenters. The first-order chi connectivity index (χ1) is 9.58. The van der Waals surface area contributed by atoms with Crippen LogP contribution in [0.15, 0.2) is 42.5 Å². The zero-order valence-corrected chi connectivity index (χ0v) is 11.5. The first kappa shape index (κ1) is 14.1. The molecule has 0 saturated heterocycles. The Morgan fingerprint density at radius 2 is 1.60 bits per heavy atom. The molecule has 0 aromatic heterocycles. The standard InChI is InChI=1S/C17H18O3/c1-12-8-10-13(11-9-12)15(18)5-2-4-14-16(19)6-3-7-17(14)20/h3,6-11,19-20H,2,4-5H2,1H3. The summed E-state index contributed by atoms with van der Waals surface area (Å²) in [5.74, 6) is 0.237. The van der Waals surface area contributed by atoms with Crippen LogP contribution < -0.4 is 0 Å². The van der Waals surface area contributed by atoms with Crippen molar-refractivity contribution >= 4 is 5.78 Å². The first-order valence-corrected chi connectivity index (χ1v) is 6.67. The lowest BCUT2D eigenvalue weighted by atomic mass is 10.0. The van der Waals surface area contributed by atoms with Gasteiger partial charge >= 0.3 is 0 Å². The Morgan fingerprint density at radius 3 is 2.20 bits per heavy atom. The molecule has 104 valence electrons. The van der Waals surface area contributed by atoms with Crippen molar-refractivity contribution in [2.45, 2.75) is 26.2 Å². The third-order valence-corrected chi connectivity index (χ3v) is 3.33. The lowest BCUT2D eigenvalue weighted by Crippen LogP contribution is -2.00. The lowest BCUT2D eigenvalue weighted by Gasteiger charge is -2.06. The van der Waals surface area contributed by atoms with E-state index in [1.54, 1.807) is 6.07 Å². The summed E-state index contributed by atoms with van der Waals surface area (Å²) in [5, 5.41) is 19.3. The molecule has 0 spiro atoms. The van der Waals surface area contributed by atoms with Gasteiger partial charge in [0.25, 0.3) is 0 Å². The molecule has 2 rings (SSSR count). The smallest absolute Gasteiger partial charge is 0.162 e. The normalized spacial score (nSPS) is 10.4. The summed E-state index contributed by atoms with van der Waals surface area (Å²) in [6, 6.07) is 12.2. The maximum atomic E-state index is 12.0. The number of phenolic OH excluding ortho intramolecular Hbond substituents is 2. The number of aromatic hydroxyl groups is 2. The SMILES string of the molecule is Cc1ccc(C(=O)CCCc2c(O)cccc2O)cc1. The second kappa shape index (κ2) is 6.24. The van der Waals surface area contributed by atoms with Gasteiger partial charge in [-0.1, -0.05) is 35.9 Å². The fraction of sp³-hybridized carbons (Fsp3) is 0.235. The number of rotatable bonds is 5. The van der Waals surface area contributed by atoms with Gasteiger partial charge < -0.3 is 10.2 Å². The quantitative estimate of drug-likeness (QED) is 0.816. The summed E-state index contributed by atoms with van der Waals surface area (Å²) in [6.07, 6.45) is 1.48. The third kappa shape index (κ3) is 3.38. The summed E-state index contributed by atoms with van der Waals surface area (Å²) in [5.41, 5.74) is 2.34. The monoisotopic (exact) mass is 270 g/mol. The van der Waals surface area contributed by atoms with E-state index in [-0.39, 0.29) is 17.3 Å². The van der Waals surface area contributed by atoms with Gasteiger partial charge in [0, 0.05) is 17.5 Å². The highest BCUT2D eigenvalue weighted by atomic mass is 16.3. The number of carbonyl (C=O) groups excluding carboxylic acids is 1. The van der Waals surface area contributed by atoms with Crippen molar-refractivity contribution in [1.82, 2.24) is 0 Å². The Bertz CT molecular complexity index is 580. The Labute approximate surface area is 118 Å². The zero-order chi connectivity index (χ0) is 14.5. The van der Waals surface area contributed by atoms with Crippen LogP contribution in [-0.2, 0) is 6.42 Å². The van der Waals surface area contributed by atoms with Gasteiger partial charge in [-0.05, 0) is 31.9 Å². The van der Waals surface area contributed by atoms with E-state index in [0.717, 1.165) is 5.56 Å². The number of phenols is 2. The molecule has 0 fully saturated rings. The summed E-state index contributed by atoms with van der Waals surface area (Å²) in [6.45, 7) is 1.98. The van der Waals surface area contributed by atoms with Crippen LogP contribution >= 0.6 is 0 Å². The van der Waals surface area contributed by atoms with E-state index in [0.29, 0.717) is 30.4 Å². The van der Waals surface area contributed by atoms with Gasteiger partial charge in [0.05, 0.1) is 0 Å². The number of carbonyl (C=O) groups is 1. The van der Waals surface area contributed by atoms with Crippen LogP contribution in [0, 0.1) is 6.92 Å². The Morgan fingerprint density at radius 1 is 1.00 bits per heavy atom. The van der Waals surface area contributed by atoms with E-state index in [2.05, 4.69) is 0 Å². The molecule has 0 aliphatic rings. The molecule has 2 N–H and O–H groups in total. The zero-order valence-electron chi connectivity index (χ0n) is 11.5. The average Bonchev–Trinajstić information content (AvgIpc) is 2.42. The highest BCUT2D eigenvalue weighted by Crippen LogP contribution is 2.27. The Hall–Kier alpha value is -2.29. The minimum Gasteiger partial charge on any atom is -0.508 e. The molecule has 20 heavy (non-hydrogen) atoms. The van der Waals surface area contributed by atoms with E-state index in [9.17, 15) is 15.0 Å². The van der Waals surface area contributed by atoms with Crippen molar-refractivity contribution in [3.05, 3.63) is 59.2 Å². The maximum absolute atomic E-state index is 12.0. The molecule has 0 atom stereocenters. The average molecular weight is 270 g/mol. The van der Waals surface area contributed by atoms with Gasteiger partial charge in [-0.25, -0.2) is 0 Å². The second-order valence-electron chi connectivity index (χ2n) is 4.92. The van der Waals surface area contributed by atoms with Crippen molar-refractivity contribution in [2.75, 3.05) is 0 Å². The number of hydrogen-bond donors (Lipinski definition) is 2. The lowest BCUT2D eigenvalue weighted by molar-refractivity contribution is 0.0980. The minimum atomic E-state index is 0.0767. The summed E-state index contributed by atoms with van der Waals surface area (Å²) in [7, 11) is 0. The summed E-state index contributed by atoms with van der Waals surface area (Å²) < 4.78 is 0. The van der Waals surface area contributed by atoms with Crippen LogP contribution in [0.3, 0.4) is 0 Å². The van der Waals surface area contributed by atoms with Crippen molar-refractivity contribution in [2.24, 2.45) is 0 Å². The van der Waals surface area contributed by atoms with Crippen LogP contribution in [0.25, 0.3) is 0 Å². The van der Waals surface area contributed by atoms with E-state index >= 15 is 0 Å². The topological polar surface area (TPSA) is 57.5 Å². The third-order valence-electron chi connectivity index (χ3n) is 3.33. The number of Topliss-reactive ketones (excluding diaryl/α,β-unsaturated/α-hetero) is 1. The minimum absolute atomic E-state index is 0.0767. The van der Waals surface area contributed by atoms with Gasteiger partial charge in [0.2, 0.25) is 0 Å². The Kier molecular flexibility index (Phi) is 4.41. The highest BCUT2D eigenvalue weighted by molar-refractivity contribution is 5.96. The van der Waals surface area contributed by atoms with Crippen molar-refractivity contribution in [3.63, 3.8) is 0 Å². The van der Waals surface area contributed by atoms with Crippen LogP contribution in [0.4, 0.5) is 0 Å². The molecule has 3 heteroatoms. The fourth-order valence-corrected chi connectivity index (χ4v) is 2.13. The largest absolute Gasteiger partial charge is 0.508 e.